The lowest BCUT2D eigenvalue weighted by Crippen LogP contribution is -2.49. The molecule has 0 bridgehead atoms. The van der Waals surface area contributed by atoms with Crippen molar-refractivity contribution in [3.8, 4) is 5.69 Å². The van der Waals surface area contributed by atoms with E-state index < -0.39 is 0 Å². The minimum absolute atomic E-state index is 0.0860. The summed E-state index contributed by atoms with van der Waals surface area (Å²) < 4.78 is 6.65. The Morgan fingerprint density at radius 3 is 2.33 bits per heavy atom. The Morgan fingerprint density at radius 2 is 1.58 bits per heavy atom. The summed E-state index contributed by atoms with van der Waals surface area (Å²) in [5, 5.41) is 5.48. The number of likely N-dealkylation sites (tertiary alicyclic amines) is 1. The van der Waals surface area contributed by atoms with Crippen LogP contribution >= 0.6 is 0 Å². The fourth-order valence-electron chi connectivity index (χ4n) is 4.65. The van der Waals surface area contributed by atoms with Crippen molar-refractivity contribution in [2.75, 3.05) is 39.4 Å². The van der Waals surface area contributed by atoms with Gasteiger partial charge < -0.3 is 14.5 Å². The van der Waals surface area contributed by atoms with Crippen LogP contribution in [0.3, 0.4) is 0 Å². The number of para-hydroxylation sites is 1. The Kier molecular flexibility index (Phi) is 5.92. The molecule has 0 aliphatic carbocycles. The third kappa shape index (κ3) is 4.14. The first-order valence-corrected chi connectivity index (χ1v) is 11.4. The summed E-state index contributed by atoms with van der Waals surface area (Å²) in [6, 6.07) is 16.1. The predicted octanol–water partition coefficient (Wildman–Crippen LogP) is 2.10. The van der Waals surface area contributed by atoms with E-state index in [1.165, 1.54) is 4.68 Å². The number of hydrogen-bond donors (Lipinski definition) is 0. The maximum Gasteiger partial charge on any atom is 0.279 e. The van der Waals surface area contributed by atoms with Crippen LogP contribution in [0.4, 0.5) is 0 Å². The number of rotatable bonds is 3. The van der Waals surface area contributed by atoms with Gasteiger partial charge in [0.15, 0.2) is 5.69 Å². The zero-order valence-electron chi connectivity index (χ0n) is 18.4. The molecule has 2 aliphatic heterocycles. The van der Waals surface area contributed by atoms with Gasteiger partial charge in [0, 0.05) is 31.6 Å². The van der Waals surface area contributed by atoms with E-state index in [0.29, 0.717) is 55.9 Å². The van der Waals surface area contributed by atoms with Gasteiger partial charge in [0.1, 0.15) is 0 Å². The number of fused-ring (bicyclic) bond motifs is 1. The lowest BCUT2D eigenvalue weighted by atomic mass is 9.95. The summed E-state index contributed by atoms with van der Waals surface area (Å²) in [5.41, 5.74) is 0.558. The molecule has 1 atom stereocenters. The number of morpholine rings is 1. The smallest absolute Gasteiger partial charge is 0.279 e. The van der Waals surface area contributed by atoms with Crippen molar-refractivity contribution in [1.82, 2.24) is 19.6 Å². The third-order valence-electron chi connectivity index (χ3n) is 6.39. The molecule has 0 spiro atoms. The molecular formula is C25H26N4O4. The van der Waals surface area contributed by atoms with Crippen LogP contribution < -0.4 is 5.56 Å². The topological polar surface area (TPSA) is 84.7 Å². The highest BCUT2D eigenvalue weighted by Gasteiger charge is 2.33. The quantitative estimate of drug-likeness (QED) is 0.615. The van der Waals surface area contributed by atoms with E-state index in [4.69, 9.17) is 4.74 Å². The van der Waals surface area contributed by atoms with E-state index in [-0.39, 0.29) is 29.0 Å². The minimum Gasteiger partial charge on any atom is -0.378 e. The maximum atomic E-state index is 13.7. The average Bonchev–Trinajstić information content (AvgIpc) is 2.89. The molecule has 8 nitrogen and oxygen atoms in total. The fourth-order valence-corrected chi connectivity index (χ4v) is 4.65. The Balaban J connectivity index is 1.48. The molecule has 1 aromatic heterocycles. The highest BCUT2D eigenvalue weighted by Crippen LogP contribution is 2.23. The summed E-state index contributed by atoms with van der Waals surface area (Å²) >= 11 is 0. The van der Waals surface area contributed by atoms with E-state index in [0.717, 1.165) is 12.8 Å². The van der Waals surface area contributed by atoms with E-state index >= 15 is 0 Å². The van der Waals surface area contributed by atoms with Crippen molar-refractivity contribution in [3.05, 3.63) is 70.6 Å². The first-order valence-electron chi connectivity index (χ1n) is 11.4. The second-order valence-corrected chi connectivity index (χ2v) is 8.47. The lowest BCUT2D eigenvalue weighted by molar-refractivity contribution is -0.141. The molecule has 2 amide bonds. The zero-order valence-corrected chi connectivity index (χ0v) is 18.4. The molecule has 2 aliphatic rings. The van der Waals surface area contributed by atoms with Crippen LogP contribution in [-0.2, 0) is 9.53 Å². The van der Waals surface area contributed by atoms with Crippen LogP contribution in [0.25, 0.3) is 16.5 Å². The number of benzene rings is 2. The number of carbonyl (C=O) groups excluding carboxylic acids is 2. The molecule has 33 heavy (non-hydrogen) atoms. The first-order chi connectivity index (χ1) is 16.1. The summed E-state index contributed by atoms with van der Waals surface area (Å²) in [6.45, 7) is 3.22. The molecule has 3 aromatic rings. The summed E-state index contributed by atoms with van der Waals surface area (Å²) in [4.78, 5) is 43.3. The van der Waals surface area contributed by atoms with Crippen LogP contribution in [0.5, 0.6) is 0 Å². The van der Waals surface area contributed by atoms with E-state index in [2.05, 4.69) is 5.10 Å². The Bertz CT molecular complexity index is 1230. The monoisotopic (exact) mass is 446 g/mol. The molecule has 0 radical (unpaired) electrons. The van der Waals surface area contributed by atoms with Gasteiger partial charge in [0.25, 0.3) is 11.5 Å². The van der Waals surface area contributed by atoms with Gasteiger partial charge in [-0.15, -0.1) is 0 Å². The van der Waals surface area contributed by atoms with Gasteiger partial charge in [0.05, 0.1) is 30.2 Å². The van der Waals surface area contributed by atoms with E-state index in [1.807, 2.05) is 23.1 Å². The van der Waals surface area contributed by atoms with Gasteiger partial charge in [-0.2, -0.15) is 9.78 Å². The van der Waals surface area contributed by atoms with Gasteiger partial charge in [0.2, 0.25) is 5.91 Å². The first kappa shape index (κ1) is 21.3. The SMILES string of the molecule is O=C(c1nn(-c2ccccc2)c(=O)c2ccccc12)N1CCC[C@H](C(=O)N2CCOCC2)C1. The standard InChI is InChI=1S/C25H26N4O4/c30-23(27-13-15-33-16-14-27)18-7-6-12-28(17-18)25(32)22-20-10-4-5-11-21(20)24(31)29(26-22)19-8-2-1-3-9-19/h1-5,8-11,18H,6-7,12-17H2/t18-/m0/s1. The second-order valence-electron chi connectivity index (χ2n) is 8.47. The highest BCUT2D eigenvalue weighted by molar-refractivity contribution is 6.05. The van der Waals surface area contributed by atoms with Gasteiger partial charge in [-0.25, -0.2) is 0 Å². The minimum atomic E-state index is -0.271. The number of carbonyl (C=O) groups is 2. The lowest BCUT2D eigenvalue weighted by Gasteiger charge is -2.36. The van der Waals surface area contributed by atoms with Gasteiger partial charge in [-0.3, -0.25) is 14.4 Å². The number of piperidine rings is 1. The van der Waals surface area contributed by atoms with Crippen molar-refractivity contribution in [1.29, 1.82) is 0 Å². The molecule has 3 heterocycles. The van der Waals surface area contributed by atoms with Crippen molar-refractivity contribution in [2.45, 2.75) is 12.8 Å². The van der Waals surface area contributed by atoms with Crippen LogP contribution in [0.2, 0.25) is 0 Å². The molecule has 2 fully saturated rings. The molecule has 0 N–H and O–H groups in total. The molecule has 5 rings (SSSR count). The molecule has 0 unspecified atom stereocenters. The van der Waals surface area contributed by atoms with Crippen molar-refractivity contribution < 1.29 is 14.3 Å². The number of hydrogen-bond acceptors (Lipinski definition) is 5. The number of aromatic nitrogens is 2. The van der Waals surface area contributed by atoms with Crippen molar-refractivity contribution in [2.24, 2.45) is 5.92 Å². The zero-order chi connectivity index (χ0) is 22.8. The summed E-state index contributed by atoms with van der Waals surface area (Å²) in [7, 11) is 0. The molecule has 2 aromatic carbocycles. The Morgan fingerprint density at radius 1 is 0.879 bits per heavy atom. The normalized spacial score (nSPS) is 19.0. The summed E-state index contributed by atoms with van der Waals surface area (Å²) in [5.74, 6) is -0.398. The average molecular weight is 447 g/mol. The number of amides is 2. The van der Waals surface area contributed by atoms with E-state index in [9.17, 15) is 14.4 Å². The van der Waals surface area contributed by atoms with Gasteiger partial charge in [-0.1, -0.05) is 36.4 Å². The molecule has 8 heteroatoms. The van der Waals surface area contributed by atoms with Crippen molar-refractivity contribution in [3.63, 3.8) is 0 Å². The summed E-state index contributed by atoms with van der Waals surface area (Å²) in [6.07, 6.45) is 1.51. The van der Waals surface area contributed by atoms with Crippen LogP contribution in [0.1, 0.15) is 23.3 Å². The molecule has 0 saturated carbocycles. The largest absolute Gasteiger partial charge is 0.378 e. The Hall–Kier alpha value is -3.52. The molecule has 170 valence electrons. The fraction of sp³-hybridized carbons (Fsp3) is 0.360. The maximum absolute atomic E-state index is 13.7. The van der Waals surface area contributed by atoms with Crippen LogP contribution in [0.15, 0.2) is 59.4 Å². The highest BCUT2D eigenvalue weighted by atomic mass is 16.5. The van der Waals surface area contributed by atoms with Crippen LogP contribution in [-0.4, -0.2) is 70.8 Å². The number of nitrogens with zero attached hydrogens (tertiary/aromatic N) is 4. The van der Waals surface area contributed by atoms with Crippen molar-refractivity contribution >= 4 is 22.6 Å². The molecule has 2 saturated heterocycles. The third-order valence-corrected chi connectivity index (χ3v) is 6.39. The molecular weight excluding hydrogens is 420 g/mol. The van der Waals surface area contributed by atoms with Crippen LogP contribution in [0, 0.1) is 5.92 Å². The van der Waals surface area contributed by atoms with Gasteiger partial charge in [-0.05, 0) is 31.0 Å². The van der Waals surface area contributed by atoms with Gasteiger partial charge >= 0.3 is 0 Å². The predicted molar refractivity (Wildman–Crippen MR) is 123 cm³/mol. The Labute approximate surface area is 191 Å². The van der Waals surface area contributed by atoms with E-state index in [1.54, 1.807) is 41.3 Å². The second kappa shape index (κ2) is 9.15. The number of ether oxygens (including phenoxy) is 1.